The molecular weight excluding hydrogens is 324 g/mol. The summed E-state index contributed by atoms with van der Waals surface area (Å²) in [6.07, 6.45) is 2.25. The standard InChI is InChI=1S/C16H16BrClO/c1-2-3-12-4-7-14(8-5-12)19-16-9-6-13(11-17)10-15(16)18/h4-10H,2-3,11H2,1H3. The second kappa shape index (κ2) is 6.97. The molecule has 3 heteroatoms. The number of halogens is 2. The van der Waals surface area contributed by atoms with Gasteiger partial charge in [-0.3, -0.25) is 0 Å². The number of hydrogen-bond donors (Lipinski definition) is 0. The first-order valence-corrected chi connectivity index (χ1v) is 7.84. The Morgan fingerprint density at radius 3 is 2.32 bits per heavy atom. The molecule has 0 aromatic heterocycles. The summed E-state index contributed by atoms with van der Waals surface area (Å²) >= 11 is 9.60. The Kier molecular flexibility index (Phi) is 5.29. The minimum atomic E-state index is 0.634. The Morgan fingerprint density at radius 2 is 1.74 bits per heavy atom. The number of ether oxygens (including phenoxy) is 1. The van der Waals surface area contributed by atoms with E-state index in [1.54, 1.807) is 0 Å². The predicted molar refractivity (Wildman–Crippen MR) is 84.6 cm³/mol. The SMILES string of the molecule is CCCc1ccc(Oc2ccc(CBr)cc2Cl)cc1. The second-order valence-corrected chi connectivity index (χ2v) is 5.36. The lowest BCUT2D eigenvalue weighted by molar-refractivity contribution is 0.482. The van der Waals surface area contributed by atoms with Crippen molar-refractivity contribution < 1.29 is 4.74 Å². The third-order valence-electron chi connectivity index (χ3n) is 2.84. The smallest absolute Gasteiger partial charge is 0.146 e. The van der Waals surface area contributed by atoms with E-state index in [9.17, 15) is 0 Å². The largest absolute Gasteiger partial charge is 0.456 e. The molecule has 2 rings (SSSR count). The maximum absolute atomic E-state index is 6.19. The van der Waals surface area contributed by atoms with Crippen LogP contribution in [0, 0.1) is 0 Å². The molecule has 0 aliphatic rings. The molecule has 0 aliphatic heterocycles. The average molecular weight is 340 g/mol. The van der Waals surface area contributed by atoms with E-state index in [0.717, 1.165) is 29.5 Å². The van der Waals surface area contributed by atoms with Crippen LogP contribution in [0.1, 0.15) is 24.5 Å². The molecule has 0 heterocycles. The van der Waals surface area contributed by atoms with Gasteiger partial charge in [0.25, 0.3) is 0 Å². The van der Waals surface area contributed by atoms with Crippen LogP contribution in [-0.4, -0.2) is 0 Å². The fourth-order valence-electron chi connectivity index (χ4n) is 1.85. The zero-order valence-corrected chi connectivity index (χ0v) is 13.2. The van der Waals surface area contributed by atoms with Crippen LogP contribution in [0.2, 0.25) is 5.02 Å². The van der Waals surface area contributed by atoms with Crippen molar-refractivity contribution in [3.05, 3.63) is 58.6 Å². The molecule has 0 atom stereocenters. The van der Waals surface area contributed by atoms with Crippen LogP contribution >= 0.6 is 27.5 Å². The molecule has 2 aromatic carbocycles. The van der Waals surface area contributed by atoms with Gasteiger partial charge in [-0.05, 0) is 41.8 Å². The van der Waals surface area contributed by atoms with E-state index in [2.05, 4.69) is 35.0 Å². The topological polar surface area (TPSA) is 9.23 Å². The second-order valence-electron chi connectivity index (χ2n) is 4.39. The Hall–Kier alpha value is -0.990. The van der Waals surface area contributed by atoms with Crippen LogP contribution in [0.15, 0.2) is 42.5 Å². The monoisotopic (exact) mass is 338 g/mol. The van der Waals surface area contributed by atoms with Gasteiger partial charge in [-0.1, -0.05) is 59.1 Å². The third-order valence-corrected chi connectivity index (χ3v) is 3.78. The number of hydrogen-bond acceptors (Lipinski definition) is 1. The maximum Gasteiger partial charge on any atom is 0.146 e. The molecule has 100 valence electrons. The summed E-state index contributed by atoms with van der Waals surface area (Å²) in [6.45, 7) is 2.18. The molecule has 0 saturated carbocycles. The van der Waals surface area contributed by atoms with Gasteiger partial charge in [0.1, 0.15) is 11.5 Å². The normalized spacial score (nSPS) is 10.5. The number of alkyl halides is 1. The summed E-state index contributed by atoms with van der Waals surface area (Å²) < 4.78 is 5.79. The lowest BCUT2D eigenvalue weighted by Crippen LogP contribution is -1.88. The van der Waals surface area contributed by atoms with Crippen molar-refractivity contribution in [1.29, 1.82) is 0 Å². The fraction of sp³-hybridized carbons (Fsp3) is 0.250. The number of rotatable bonds is 5. The molecule has 0 spiro atoms. The van der Waals surface area contributed by atoms with Crippen LogP contribution in [0.4, 0.5) is 0 Å². The van der Waals surface area contributed by atoms with Crippen LogP contribution in [0.25, 0.3) is 0 Å². The summed E-state index contributed by atoms with van der Waals surface area (Å²) in [6, 6.07) is 14.0. The van der Waals surface area contributed by atoms with Crippen molar-refractivity contribution in [3.63, 3.8) is 0 Å². The molecule has 0 N–H and O–H groups in total. The summed E-state index contributed by atoms with van der Waals surface area (Å²) in [5.41, 5.74) is 2.46. The molecular formula is C16H16BrClO. The molecule has 0 fully saturated rings. The Morgan fingerprint density at radius 1 is 1.05 bits per heavy atom. The van der Waals surface area contributed by atoms with Gasteiger partial charge in [0.15, 0.2) is 0 Å². The first kappa shape index (κ1) is 14.4. The fourth-order valence-corrected chi connectivity index (χ4v) is 2.44. The minimum Gasteiger partial charge on any atom is -0.456 e. The van der Waals surface area contributed by atoms with Crippen molar-refractivity contribution in [2.24, 2.45) is 0 Å². The molecule has 2 aromatic rings. The van der Waals surface area contributed by atoms with Crippen molar-refractivity contribution in [1.82, 2.24) is 0 Å². The van der Waals surface area contributed by atoms with E-state index in [0.29, 0.717) is 10.8 Å². The highest BCUT2D eigenvalue weighted by atomic mass is 79.9. The van der Waals surface area contributed by atoms with Crippen molar-refractivity contribution >= 4 is 27.5 Å². The van der Waals surface area contributed by atoms with Gasteiger partial charge < -0.3 is 4.74 Å². The van der Waals surface area contributed by atoms with E-state index in [1.807, 2.05) is 30.3 Å². The van der Waals surface area contributed by atoms with Gasteiger partial charge >= 0.3 is 0 Å². The number of aryl methyl sites for hydroxylation is 1. The average Bonchev–Trinajstić information content (AvgIpc) is 2.43. The molecule has 0 saturated heterocycles. The highest BCUT2D eigenvalue weighted by Crippen LogP contribution is 2.30. The zero-order valence-electron chi connectivity index (χ0n) is 10.8. The molecule has 0 unspecified atom stereocenters. The third kappa shape index (κ3) is 3.99. The van der Waals surface area contributed by atoms with E-state index in [1.165, 1.54) is 5.56 Å². The lowest BCUT2D eigenvalue weighted by Gasteiger charge is -2.09. The summed E-state index contributed by atoms with van der Waals surface area (Å²) in [4.78, 5) is 0. The Bertz CT molecular complexity index is 537. The first-order valence-electron chi connectivity index (χ1n) is 6.34. The van der Waals surface area contributed by atoms with Gasteiger partial charge in [0.2, 0.25) is 0 Å². The van der Waals surface area contributed by atoms with E-state index in [-0.39, 0.29) is 0 Å². The van der Waals surface area contributed by atoms with Gasteiger partial charge in [0, 0.05) is 5.33 Å². The maximum atomic E-state index is 6.19. The zero-order chi connectivity index (χ0) is 13.7. The van der Waals surface area contributed by atoms with Gasteiger partial charge in [-0.2, -0.15) is 0 Å². The van der Waals surface area contributed by atoms with Gasteiger partial charge in [0.05, 0.1) is 5.02 Å². The van der Waals surface area contributed by atoms with E-state index in [4.69, 9.17) is 16.3 Å². The lowest BCUT2D eigenvalue weighted by atomic mass is 10.1. The van der Waals surface area contributed by atoms with Crippen molar-refractivity contribution in [2.45, 2.75) is 25.1 Å². The van der Waals surface area contributed by atoms with Gasteiger partial charge in [-0.15, -0.1) is 0 Å². The van der Waals surface area contributed by atoms with Crippen LogP contribution in [0.3, 0.4) is 0 Å². The molecule has 0 bridgehead atoms. The first-order chi connectivity index (χ1) is 9.22. The van der Waals surface area contributed by atoms with Crippen LogP contribution < -0.4 is 4.74 Å². The quantitative estimate of drug-likeness (QED) is 0.609. The Labute approximate surface area is 127 Å². The predicted octanol–water partition coefficient (Wildman–Crippen LogP) is 5.98. The minimum absolute atomic E-state index is 0.634. The molecule has 0 aliphatic carbocycles. The van der Waals surface area contributed by atoms with Gasteiger partial charge in [-0.25, -0.2) is 0 Å². The highest BCUT2D eigenvalue weighted by Gasteiger charge is 2.04. The van der Waals surface area contributed by atoms with E-state index >= 15 is 0 Å². The summed E-state index contributed by atoms with van der Waals surface area (Å²) in [7, 11) is 0. The van der Waals surface area contributed by atoms with Crippen LogP contribution in [-0.2, 0) is 11.8 Å². The molecule has 1 nitrogen and oxygen atoms in total. The summed E-state index contributed by atoms with van der Waals surface area (Å²) in [5.74, 6) is 1.50. The number of benzene rings is 2. The van der Waals surface area contributed by atoms with Crippen molar-refractivity contribution in [3.8, 4) is 11.5 Å². The van der Waals surface area contributed by atoms with Crippen LogP contribution in [0.5, 0.6) is 11.5 Å². The molecule has 0 amide bonds. The van der Waals surface area contributed by atoms with Crippen molar-refractivity contribution in [2.75, 3.05) is 0 Å². The molecule has 0 radical (unpaired) electrons. The van der Waals surface area contributed by atoms with E-state index < -0.39 is 0 Å². The molecule has 19 heavy (non-hydrogen) atoms. The highest BCUT2D eigenvalue weighted by molar-refractivity contribution is 9.08. The summed E-state index contributed by atoms with van der Waals surface area (Å²) in [5, 5.41) is 1.42. The Balaban J connectivity index is 2.12.